The van der Waals surface area contributed by atoms with E-state index in [-0.39, 0.29) is 11.5 Å². The fraction of sp³-hybridized carbons (Fsp3) is 0.462. The van der Waals surface area contributed by atoms with E-state index in [0.29, 0.717) is 12.2 Å². The van der Waals surface area contributed by atoms with Crippen LogP contribution >= 0.6 is 0 Å². The molecule has 1 aliphatic rings. The third-order valence-electron chi connectivity index (χ3n) is 3.01. The molecule has 0 saturated heterocycles. The van der Waals surface area contributed by atoms with Crippen molar-refractivity contribution >= 4 is 11.6 Å². The maximum Gasteiger partial charge on any atom is 0.254 e. The second-order valence-electron chi connectivity index (χ2n) is 4.58. The molecule has 1 aromatic rings. The van der Waals surface area contributed by atoms with Crippen molar-refractivity contribution < 1.29 is 9.18 Å². The first-order valence-electron chi connectivity index (χ1n) is 6.00. The number of halogens is 1. The van der Waals surface area contributed by atoms with E-state index in [1.807, 2.05) is 0 Å². The summed E-state index contributed by atoms with van der Waals surface area (Å²) < 4.78 is 13.4. The van der Waals surface area contributed by atoms with Gasteiger partial charge in [0.25, 0.3) is 5.91 Å². The number of benzene rings is 1. The molecule has 0 radical (unpaired) electrons. The van der Waals surface area contributed by atoms with Crippen LogP contribution in [0.1, 0.15) is 36.0 Å². The highest BCUT2D eigenvalue weighted by atomic mass is 19.1. The Balaban J connectivity index is 1.81. The number of hydrogen-bond donors (Lipinski definition) is 2. The lowest BCUT2D eigenvalue weighted by Gasteiger charge is -2.06. The predicted molar refractivity (Wildman–Crippen MR) is 65.1 cm³/mol. The molecule has 0 aromatic heterocycles. The second kappa shape index (κ2) is 5.17. The second-order valence-corrected chi connectivity index (χ2v) is 4.58. The lowest BCUT2D eigenvalue weighted by Crippen LogP contribution is -2.25. The SMILES string of the molecule is Nc1ccc(C(=O)NCCCC2CC2)c(F)c1. The third-order valence-corrected chi connectivity index (χ3v) is 3.01. The van der Waals surface area contributed by atoms with Crippen LogP contribution in [0.2, 0.25) is 0 Å². The van der Waals surface area contributed by atoms with Crippen LogP contribution in [0.3, 0.4) is 0 Å². The summed E-state index contributed by atoms with van der Waals surface area (Å²) in [6.07, 6.45) is 4.76. The number of nitrogens with one attached hydrogen (secondary N) is 1. The van der Waals surface area contributed by atoms with E-state index in [2.05, 4.69) is 5.32 Å². The predicted octanol–water partition coefficient (Wildman–Crippen LogP) is 2.33. The van der Waals surface area contributed by atoms with Crippen LogP contribution in [0.4, 0.5) is 10.1 Å². The third kappa shape index (κ3) is 3.44. The lowest BCUT2D eigenvalue weighted by atomic mass is 10.1. The van der Waals surface area contributed by atoms with Crippen molar-refractivity contribution in [1.29, 1.82) is 0 Å². The van der Waals surface area contributed by atoms with Gasteiger partial charge in [0.05, 0.1) is 5.56 Å². The molecule has 0 unspecified atom stereocenters. The van der Waals surface area contributed by atoms with Crippen LogP contribution in [0.5, 0.6) is 0 Å². The first-order chi connectivity index (χ1) is 8.16. The largest absolute Gasteiger partial charge is 0.399 e. The van der Waals surface area contributed by atoms with Crippen LogP contribution in [-0.2, 0) is 0 Å². The van der Waals surface area contributed by atoms with Crippen molar-refractivity contribution in [1.82, 2.24) is 5.32 Å². The van der Waals surface area contributed by atoms with Gasteiger partial charge in [0, 0.05) is 12.2 Å². The monoisotopic (exact) mass is 236 g/mol. The molecular weight excluding hydrogens is 219 g/mol. The Labute approximate surface area is 100 Å². The Hall–Kier alpha value is -1.58. The zero-order valence-electron chi connectivity index (χ0n) is 9.71. The van der Waals surface area contributed by atoms with Crippen molar-refractivity contribution in [2.45, 2.75) is 25.7 Å². The number of rotatable bonds is 5. The highest BCUT2D eigenvalue weighted by Gasteiger charge is 2.20. The molecule has 17 heavy (non-hydrogen) atoms. The highest BCUT2D eigenvalue weighted by Crippen LogP contribution is 2.33. The van der Waals surface area contributed by atoms with E-state index in [4.69, 9.17) is 5.73 Å². The van der Waals surface area contributed by atoms with Crippen molar-refractivity contribution in [2.75, 3.05) is 12.3 Å². The minimum Gasteiger partial charge on any atom is -0.399 e. The zero-order valence-corrected chi connectivity index (χ0v) is 9.71. The number of amides is 1. The van der Waals surface area contributed by atoms with Gasteiger partial charge >= 0.3 is 0 Å². The molecule has 1 aliphatic carbocycles. The molecule has 4 heteroatoms. The summed E-state index contributed by atoms with van der Waals surface area (Å²) in [4.78, 5) is 11.6. The fourth-order valence-corrected chi connectivity index (χ4v) is 1.81. The van der Waals surface area contributed by atoms with Gasteiger partial charge in [-0.25, -0.2) is 4.39 Å². The Morgan fingerprint density at radius 3 is 2.88 bits per heavy atom. The molecule has 3 N–H and O–H groups in total. The van der Waals surface area contributed by atoms with E-state index in [0.717, 1.165) is 18.8 Å². The summed E-state index contributed by atoms with van der Waals surface area (Å²) in [5.74, 6) is -0.0665. The van der Waals surface area contributed by atoms with Crippen molar-refractivity contribution in [3.05, 3.63) is 29.6 Å². The maximum atomic E-state index is 13.4. The van der Waals surface area contributed by atoms with Crippen molar-refractivity contribution in [3.8, 4) is 0 Å². The maximum absolute atomic E-state index is 13.4. The van der Waals surface area contributed by atoms with Gasteiger partial charge in [0.15, 0.2) is 0 Å². The van der Waals surface area contributed by atoms with Gasteiger partial charge in [0.2, 0.25) is 0 Å². The minimum atomic E-state index is -0.565. The van der Waals surface area contributed by atoms with Crippen LogP contribution < -0.4 is 11.1 Å². The molecule has 0 spiro atoms. The first kappa shape index (κ1) is 11.9. The Morgan fingerprint density at radius 1 is 1.47 bits per heavy atom. The Bertz CT molecular complexity index is 416. The average molecular weight is 236 g/mol. The molecule has 1 amide bonds. The Kier molecular flexibility index (Phi) is 3.61. The number of hydrogen-bond acceptors (Lipinski definition) is 2. The summed E-state index contributed by atoms with van der Waals surface area (Å²) in [7, 11) is 0. The minimum absolute atomic E-state index is 0.0608. The quantitative estimate of drug-likeness (QED) is 0.609. The van der Waals surface area contributed by atoms with E-state index in [9.17, 15) is 9.18 Å². The molecule has 0 bridgehead atoms. The van der Waals surface area contributed by atoms with Crippen LogP contribution in [0.15, 0.2) is 18.2 Å². The fourth-order valence-electron chi connectivity index (χ4n) is 1.81. The number of nitrogen functional groups attached to an aromatic ring is 1. The van der Waals surface area contributed by atoms with Gasteiger partial charge in [0.1, 0.15) is 5.82 Å². The summed E-state index contributed by atoms with van der Waals surface area (Å²) in [6.45, 7) is 0.610. The van der Waals surface area contributed by atoms with Crippen molar-refractivity contribution in [2.24, 2.45) is 5.92 Å². The van der Waals surface area contributed by atoms with Gasteiger partial charge in [-0.3, -0.25) is 4.79 Å². The van der Waals surface area contributed by atoms with E-state index >= 15 is 0 Å². The molecule has 1 fully saturated rings. The summed E-state index contributed by atoms with van der Waals surface area (Å²) in [6, 6.07) is 4.11. The molecular formula is C13H17FN2O. The Morgan fingerprint density at radius 2 is 2.24 bits per heavy atom. The topological polar surface area (TPSA) is 55.1 Å². The van der Waals surface area contributed by atoms with Crippen LogP contribution in [-0.4, -0.2) is 12.5 Å². The molecule has 0 atom stereocenters. The highest BCUT2D eigenvalue weighted by molar-refractivity contribution is 5.94. The lowest BCUT2D eigenvalue weighted by molar-refractivity contribution is 0.0949. The van der Waals surface area contributed by atoms with Crippen LogP contribution in [0.25, 0.3) is 0 Å². The zero-order chi connectivity index (χ0) is 12.3. The number of carbonyl (C=O) groups excluding carboxylic acids is 1. The molecule has 0 aliphatic heterocycles. The van der Waals surface area contributed by atoms with Gasteiger partial charge in [-0.2, -0.15) is 0 Å². The summed E-state index contributed by atoms with van der Waals surface area (Å²) in [5.41, 5.74) is 5.81. The van der Waals surface area contributed by atoms with E-state index < -0.39 is 5.82 Å². The van der Waals surface area contributed by atoms with Gasteiger partial charge in [-0.1, -0.05) is 12.8 Å². The molecule has 1 saturated carbocycles. The molecule has 92 valence electrons. The van der Waals surface area contributed by atoms with Crippen molar-refractivity contribution in [3.63, 3.8) is 0 Å². The number of carbonyl (C=O) groups is 1. The molecule has 2 rings (SSSR count). The summed E-state index contributed by atoms with van der Waals surface area (Å²) >= 11 is 0. The van der Waals surface area contributed by atoms with Crippen LogP contribution in [0, 0.1) is 11.7 Å². The van der Waals surface area contributed by atoms with Gasteiger partial charge in [-0.15, -0.1) is 0 Å². The standard InChI is InChI=1S/C13H17FN2O/c14-12-8-10(15)5-6-11(12)13(17)16-7-1-2-9-3-4-9/h5-6,8-9H,1-4,7,15H2,(H,16,17). The molecule has 0 heterocycles. The molecule has 1 aromatic carbocycles. The van der Waals surface area contributed by atoms with E-state index in [1.54, 1.807) is 0 Å². The number of nitrogens with two attached hydrogens (primary N) is 1. The molecule has 3 nitrogen and oxygen atoms in total. The first-order valence-corrected chi connectivity index (χ1v) is 6.00. The number of anilines is 1. The smallest absolute Gasteiger partial charge is 0.254 e. The normalized spacial score (nSPS) is 14.6. The van der Waals surface area contributed by atoms with E-state index in [1.165, 1.54) is 31.0 Å². The average Bonchev–Trinajstić information content (AvgIpc) is 3.08. The summed E-state index contributed by atoms with van der Waals surface area (Å²) in [5, 5.41) is 2.72. The van der Waals surface area contributed by atoms with Gasteiger partial charge in [-0.05, 0) is 37.0 Å². The van der Waals surface area contributed by atoms with Gasteiger partial charge < -0.3 is 11.1 Å².